The van der Waals surface area contributed by atoms with Gasteiger partial charge in [0.2, 0.25) is 0 Å². The van der Waals surface area contributed by atoms with Crippen molar-refractivity contribution in [3.63, 3.8) is 0 Å². The Labute approximate surface area is 323 Å². The van der Waals surface area contributed by atoms with Crippen molar-refractivity contribution in [1.29, 1.82) is 0 Å². The zero-order valence-corrected chi connectivity index (χ0v) is 33.1. The number of thiophene rings is 1. The van der Waals surface area contributed by atoms with Crippen molar-refractivity contribution in [3.05, 3.63) is 148 Å². The minimum Gasteiger partial charge on any atom is -0.512 e. The molecule has 52 heavy (non-hydrogen) atoms. The van der Waals surface area contributed by atoms with Crippen molar-refractivity contribution < 1.29 is 34.4 Å². The Bertz CT molecular complexity index is 2400. The number of aliphatic hydroxyl groups is 1. The molecule has 1 N–H and O–H groups in total. The molecule has 0 spiro atoms. The quantitative estimate of drug-likeness (QED) is 0.0938. The van der Waals surface area contributed by atoms with Gasteiger partial charge in [0, 0.05) is 71.5 Å². The van der Waals surface area contributed by atoms with Gasteiger partial charge in [-0.25, -0.2) is 0 Å². The molecule has 0 fully saturated rings. The maximum absolute atomic E-state index is 11.7. The normalized spacial score (nSPS) is 15.7. The van der Waals surface area contributed by atoms with Gasteiger partial charge in [-0.3, -0.25) is 4.79 Å². The number of nitrogens with zero attached hydrogens (tertiary/aromatic N) is 1. The Kier molecular flexibility index (Phi) is 10.4. The molecule has 0 aliphatic heterocycles. The van der Waals surface area contributed by atoms with Crippen LogP contribution in [0.25, 0.3) is 43.1 Å². The van der Waals surface area contributed by atoms with E-state index in [2.05, 4.69) is 96.4 Å². The summed E-state index contributed by atoms with van der Waals surface area (Å²) in [7, 11) is 0. The SMILES string of the molecule is CCC(CC)C(=O)/C=C(\O)C(CC)CC.[Ir].[c-]1cc2ccc3sccc3c2cc1-c1nccc2c3c(oc12)C1c2ccccc2C3c2ccccc21. The molecule has 4 nitrogen and oxygen atoms in total. The monoisotopic (exact) mass is 881 g/mol. The molecule has 10 rings (SSSR count). The summed E-state index contributed by atoms with van der Waals surface area (Å²) < 4.78 is 8.13. The largest absolute Gasteiger partial charge is 0.512 e. The fraction of sp³-hybridized carbons (Fsp3) is 0.261. The van der Waals surface area contributed by atoms with Crippen molar-refractivity contribution in [2.45, 2.75) is 65.2 Å². The van der Waals surface area contributed by atoms with E-state index in [1.54, 1.807) is 11.3 Å². The fourth-order valence-corrected chi connectivity index (χ4v) is 9.20. The molecule has 0 saturated heterocycles. The molecular weight excluding hydrogens is 839 g/mol. The first kappa shape index (κ1) is 36.0. The van der Waals surface area contributed by atoms with Crippen molar-refractivity contribution >= 4 is 48.9 Å². The minimum absolute atomic E-state index is 0. The molecule has 3 aliphatic rings. The first-order chi connectivity index (χ1) is 25.0. The molecule has 3 aromatic heterocycles. The second-order valence-corrected chi connectivity index (χ2v) is 14.7. The van der Waals surface area contributed by atoms with Gasteiger partial charge in [0.05, 0.1) is 11.7 Å². The van der Waals surface area contributed by atoms with Crippen LogP contribution in [0.15, 0.2) is 113 Å². The number of carbonyl (C=O) groups is 1. The van der Waals surface area contributed by atoms with Gasteiger partial charge in [0.25, 0.3) is 0 Å². The molecule has 265 valence electrons. The standard InChI is InChI=1S/C33H18NOS.C13H24O2.Ir/c1-3-7-23-21(5-1)28-22-6-2-4-8-24(22)29(23)33-30(28)25-13-15-34-31(32(25)35-33)19-10-9-18-11-12-27-20(14-16-36-27)26(18)17-19;1-5-10(6-2)12(14)9-13(15)11(7-3)8-4;/h1-9,11-17,28-29H;9-11,14H,5-8H2,1-4H3;/q-1;;/b;12-9-;. The number of hydrogen-bond donors (Lipinski definition) is 1. The summed E-state index contributed by atoms with van der Waals surface area (Å²) in [6.45, 7) is 8.07. The second-order valence-electron chi connectivity index (χ2n) is 13.8. The van der Waals surface area contributed by atoms with E-state index in [0.29, 0.717) is 0 Å². The van der Waals surface area contributed by atoms with E-state index in [1.165, 1.54) is 54.8 Å². The van der Waals surface area contributed by atoms with E-state index in [-0.39, 0.29) is 55.3 Å². The maximum atomic E-state index is 11.7. The number of fused-ring (bicyclic) bond motifs is 4. The van der Waals surface area contributed by atoms with Crippen LogP contribution in [-0.2, 0) is 24.9 Å². The van der Waals surface area contributed by atoms with Crippen LogP contribution in [0, 0.1) is 17.9 Å². The van der Waals surface area contributed by atoms with Gasteiger partial charge < -0.3 is 14.5 Å². The summed E-state index contributed by atoms with van der Waals surface area (Å²) in [6.07, 6.45) is 6.83. The number of benzene rings is 4. The Balaban J connectivity index is 0.000000227. The number of pyridine rings is 1. The van der Waals surface area contributed by atoms with Crippen molar-refractivity contribution in [3.8, 4) is 11.3 Å². The van der Waals surface area contributed by atoms with Crippen LogP contribution < -0.4 is 0 Å². The van der Waals surface area contributed by atoms with Gasteiger partial charge in [0.15, 0.2) is 5.78 Å². The average molecular weight is 881 g/mol. The van der Waals surface area contributed by atoms with Crippen LogP contribution in [-0.4, -0.2) is 15.9 Å². The molecule has 0 saturated carbocycles. The predicted octanol–water partition coefficient (Wildman–Crippen LogP) is 12.5. The zero-order valence-electron chi connectivity index (χ0n) is 29.9. The molecule has 3 aliphatic carbocycles. The van der Waals surface area contributed by atoms with E-state index < -0.39 is 0 Å². The smallest absolute Gasteiger partial charge is 0.162 e. The number of rotatable bonds is 8. The van der Waals surface area contributed by atoms with E-state index in [0.717, 1.165) is 53.7 Å². The maximum Gasteiger partial charge on any atom is 0.162 e. The predicted molar refractivity (Wildman–Crippen MR) is 210 cm³/mol. The van der Waals surface area contributed by atoms with Crippen LogP contribution in [0.3, 0.4) is 0 Å². The van der Waals surface area contributed by atoms with Crippen LogP contribution in [0.5, 0.6) is 0 Å². The molecule has 6 heteroatoms. The van der Waals surface area contributed by atoms with Crippen molar-refractivity contribution in [2.75, 3.05) is 0 Å². The molecule has 2 bridgehead atoms. The van der Waals surface area contributed by atoms with Crippen LogP contribution in [0.4, 0.5) is 0 Å². The summed E-state index contributed by atoms with van der Waals surface area (Å²) in [5, 5.41) is 16.8. The number of carbonyl (C=O) groups excluding carboxylic acids is 1. The molecule has 0 atom stereocenters. The van der Waals surface area contributed by atoms with Crippen LogP contribution in [0.1, 0.15) is 98.8 Å². The Morgan fingerprint density at radius 2 is 1.46 bits per heavy atom. The topological polar surface area (TPSA) is 63.3 Å². The Morgan fingerprint density at radius 1 is 0.827 bits per heavy atom. The summed E-state index contributed by atoms with van der Waals surface area (Å²) in [5.74, 6) is 1.91. The molecule has 0 amide bonds. The number of aromatic nitrogens is 1. The number of hydrogen-bond acceptors (Lipinski definition) is 5. The van der Waals surface area contributed by atoms with E-state index in [1.807, 2.05) is 33.9 Å². The van der Waals surface area contributed by atoms with Gasteiger partial charge in [-0.05, 0) is 70.8 Å². The molecular formula is C46H42IrNO3S-. The third kappa shape index (κ3) is 5.95. The fourth-order valence-electron chi connectivity index (χ4n) is 8.40. The van der Waals surface area contributed by atoms with E-state index in [4.69, 9.17) is 9.40 Å². The molecule has 3 heterocycles. The van der Waals surface area contributed by atoms with Crippen LogP contribution >= 0.6 is 11.3 Å². The summed E-state index contributed by atoms with van der Waals surface area (Å²) >= 11 is 1.78. The first-order valence-corrected chi connectivity index (χ1v) is 19.2. The van der Waals surface area contributed by atoms with Crippen molar-refractivity contribution in [1.82, 2.24) is 4.98 Å². The second kappa shape index (κ2) is 14.9. The van der Waals surface area contributed by atoms with Gasteiger partial charge in [-0.1, -0.05) is 99.1 Å². The Morgan fingerprint density at radius 3 is 2.10 bits per heavy atom. The number of allylic oxidation sites excluding steroid dienone is 2. The minimum atomic E-state index is 0. The summed E-state index contributed by atoms with van der Waals surface area (Å²) in [6, 6.07) is 34.2. The average Bonchev–Trinajstić information content (AvgIpc) is 3.82. The van der Waals surface area contributed by atoms with Gasteiger partial charge in [-0.2, -0.15) is 0 Å². The molecule has 4 aromatic carbocycles. The number of aliphatic hydroxyl groups excluding tert-OH is 1. The zero-order chi connectivity index (χ0) is 35.2. The van der Waals surface area contributed by atoms with Crippen molar-refractivity contribution in [2.24, 2.45) is 11.8 Å². The van der Waals surface area contributed by atoms with E-state index in [9.17, 15) is 9.90 Å². The molecule has 0 unspecified atom stereocenters. The van der Waals surface area contributed by atoms with Crippen LogP contribution in [0.2, 0.25) is 0 Å². The van der Waals surface area contributed by atoms with E-state index >= 15 is 0 Å². The molecule has 7 aromatic rings. The van der Waals surface area contributed by atoms with Gasteiger partial charge >= 0.3 is 0 Å². The van der Waals surface area contributed by atoms with Gasteiger partial charge in [0.1, 0.15) is 11.3 Å². The number of ketones is 1. The van der Waals surface area contributed by atoms with Gasteiger partial charge in [-0.15, -0.1) is 35.1 Å². The first-order valence-electron chi connectivity index (χ1n) is 18.3. The summed E-state index contributed by atoms with van der Waals surface area (Å²) in [5.41, 5.74) is 9.52. The third-order valence-corrected chi connectivity index (χ3v) is 12.1. The number of furan rings is 1. The third-order valence-electron chi connectivity index (χ3n) is 11.2. The summed E-state index contributed by atoms with van der Waals surface area (Å²) in [4.78, 5) is 16.6. The molecule has 1 radical (unpaired) electrons. The Hall–Kier alpha value is -4.35.